The Kier molecular flexibility index (Phi) is 5.53. The summed E-state index contributed by atoms with van der Waals surface area (Å²) in [5.41, 5.74) is 10.5. The van der Waals surface area contributed by atoms with E-state index in [1.165, 1.54) is 23.8 Å². The van der Waals surface area contributed by atoms with Crippen LogP contribution in [0.5, 0.6) is 0 Å². The van der Waals surface area contributed by atoms with Crippen molar-refractivity contribution in [3.8, 4) is 11.1 Å². The van der Waals surface area contributed by atoms with Crippen LogP contribution in [0.1, 0.15) is 24.4 Å². The van der Waals surface area contributed by atoms with E-state index in [-0.39, 0.29) is 18.1 Å². The van der Waals surface area contributed by atoms with E-state index < -0.39 is 0 Å². The average Bonchev–Trinajstić information content (AvgIpc) is 3.38. The van der Waals surface area contributed by atoms with Gasteiger partial charge in [0.1, 0.15) is 6.04 Å². The monoisotopic (exact) mass is 365 g/mol. The van der Waals surface area contributed by atoms with Gasteiger partial charge in [0.15, 0.2) is 0 Å². The molecule has 2 unspecified atom stereocenters. The molecule has 2 aromatic carbocycles. The molecule has 0 spiro atoms. The quantitative estimate of drug-likeness (QED) is 0.798. The number of nitrogens with one attached hydrogen (secondary N) is 2. The van der Waals surface area contributed by atoms with Gasteiger partial charge < -0.3 is 4.74 Å². The van der Waals surface area contributed by atoms with Gasteiger partial charge in [0.05, 0.1) is 13.2 Å². The van der Waals surface area contributed by atoms with E-state index in [4.69, 9.17) is 4.74 Å². The molecule has 142 valence electrons. The molecule has 3 atom stereocenters. The van der Waals surface area contributed by atoms with Crippen LogP contribution in [0.4, 0.5) is 0 Å². The van der Waals surface area contributed by atoms with Crippen LogP contribution < -0.4 is 10.9 Å². The molecule has 2 N–H and O–H groups in total. The lowest BCUT2D eigenvalue weighted by atomic mass is 9.92. The third-order valence-electron chi connectivity index (χ3n) is 5.78. The highest BCUT2D eigenvalue weighted by atomic mass is 16.5. The third kappa shape index (κ3) is 3.90. The number of rotatable bonds is 5. The van der Waals surface area contributed by atoms with Crippen LogP contribution in [0.25, 0.3) is 11.1 Å². The summed E-state index contributed by atoms with van der Waals surface area (Å²) >= 11 is 0. The minimum atomic E-state index is -0.102. The van der Waals surface area contributed by atoms with Crippen LogP contribution in [0.15, 0.2) is 54.6 Å². The number of likely N-dealkylation sites (tertiary alicyclic amines) is 1. The second kappa shape index (κ2) is 8.21. The van der Waals surface area contributed by atoms with E-state index in [0.29, 0.717) is 5.92 Å². The lowest BCUT2D eigenvalue weighted by molar-refractivity contribution is -0.146. The number of carbonyl (C=O) groups excluding carboxylic acids is 1. The third-order valence-corrected chi connectivity index (χ3v) is 5.78. The van der Waals surface area contributed by atoms with Crippen molar-refractivity contribution < 1.29 is 9.53 Å². The standard InChI is InChI=1S/C22H27N3O2/c1-27-22(26)20-8-5-13-25(20)15-19-14-23-24-21(19)18-11-9-17(10-12-18)16-6-3-2-4-7-16/h2-4,6-7,9-12,19-21,23-24H,5,8,13-15H2,1H3/t19?,20-,21?/m0/s1. The predicted molar refractivity (Wildman–Crippen MR) is 106 cm³/mol. The SMILES string of the molecule is COC(=O)[C@@H]1CCCN1CC1CNNC1c1ccc(-c2ccccc2)cc1. The fraction of sp³-hybridized carbons (Fsp3) is 0.409. The van der Waals surface area contributed by atoms with Gasteiger partial charge in [-0.25, -0.2) is 5.43 Å². The molecule has 2 heterocycles. The van der Waals surface area contributed by atoms with E-state index in [9.17, 15) is 4.79 Å². The molecule has 0 radical (unpaired) electrons. The van der Waals surface area contributed by atoms with Crippen molar-refractivity contribution in [2.75, 3.05) is 26.7 Å². The second-order valence-corrected chi connectivity index (χ2v) is 7.43. The molecule has 27 heavy (non-hydrogen) atoms. The van der Waals surface area contributed by atoms with Gasteiger partial charge in [-0.15, -0.1) is 0 Å². The van der Waals surface area contributed by atoms with Gasteiger partial charge in [-0.1, -0.05) is 54.6 Å². The van der Waals surface area contributed by atoms with Crippen molar-refractivity contribution in [2.24, 2.45) is 5.92 Å². The number of hydrazine groups is 1. The van der Waals surface area contributed by atoms with Gasteiger partial charge in [0, 0.05) is 19.0 Å². The topological polar surface area (TPSA) is 53.6 Å². The number of nitrogens with zero attached hydrogens (tertiary/aromatic N) is 1. The number of benzene rings is 2. The zero-order chi connectivity index (χ0) is 18.6. The number of carbonyl (C=O) groups is 1. The molecule has 2 aliphatic heterocycles. The Bertz CT molecular complexity index is 763. The molecule has 0 saturated carbocycles. The first-order valence-corrected chi connectivity index (χ1v) is 9.72. The maximum atomic E-state index is 12.0. The summed E-state index contributed by atoms with van der Waals surface area (Å²) in [5.74, 6) is 0.313. The summed E-state index contributed by atoms with van der Waals surface area (Å²) in [7, 11) is 1.48. The maximum Gasteiger partial charge on any atom is 0.323 e. The molecule has 0 amide bonds. The van der Waals surface area contributed by atoms with Gasteiger partial charge in [-0.3, -0.25) is 15.1 Å². The van der Waals surface area contributed by atoms with E-state index in [1.807, 2.05) is 6.07 Å². The molecule has 0 aliphatic carbocycles. The number of hydrogen-bond acceptors (Lipinski definition) is 5. The van der Waals surface area contributed by atoms with Crippen LogP contribution in [-0.2, 0) is 9.53 Å². The van der Waals surface area contributed by atoms with Crippen molar-refractivity contribution in [2.45, 2.75) is 24.9 Å². The Labute approximate surface area is 160 Å². The van der Waals surface area contributed by atoms with Gasteiger partial charge in [0.25, 0.3) is 0 Å². The number of esters is 1. The normalized spacial score (nSPS) is 25.6. The molecular weight excluding hydrogens is 338 g/mol. The van der Waals surface area contributed by atoms with E-state index in [0.717, 1.165) is 32.5 Å². The van der Waals surface area contributed by atoms with Gasteiger partial charge in [0.2, 0.25) is 0 Å². The number of ether oxygens (including phenoxy) is 1. The van der Waals surface area contributed by atoms with Gasteiger partial charge >= 0.3 is 5.97 Å². The van der Waals surface area contributed by atoms with Crippen molar-refractivity contribution in [1.82, 2.24) is 15.8 Å². The Balaban J connectivity index is 1.46. The Morgan fingerprint density at radius 2 is 1.85 bits per heavy atom. The summed E-state index contributed by atoms with van der Waals surface area (Å²) in [5, 5.41) is 0. The van der Waals surface area contributed by atoms with Crippen LogP contribution >= 0.6 is 0 Å². The molecule has 0 aromatic heterocycles. The van der Waals surface area contributed by atoms with Crippen LogP contribution in [-0.4, -0.2) is 43.7 Å². The van der Waals surface area contributed by atoms with E-state index in [2.05, 4.69) is 64.3 Å². The molecule has 5 heteroatoms. The zero-order valence-corrected chi connectivity index (χ0v) is 15.7. The molecular formula is C22H27N3O2. The molecule has 0 bridgehead atoms. The molecule has 2 fully saturated rings. The van der Waals surface area contributed by atoms with Crippen molar-refractivity contribution in [3.05, 3.63) is 60.2 Å². The highest BCUT2D eigenvalue weighted by Crippen LogP contribution is 2.30. The van der Waals surface area contributed by atoms with Crippen LogP contribution in [0.3, 0.4) is 0 Å². The Morgan fingerprint density at radius 1 is 1.11 bits per heavy atom. The first-order valence-electron chi connectivity index (χ1n) is 9.72. The highest BCUT2D eigenvalue weighted by Gasteiger charge is 2.36. The number of methoxy groups -OCH3 is 1. The minimum absolute atomic E-state index is 0.0864. The van der Waals surface area contributed by atoms with Crippen LogP contribution in [0.2, 0.25) is 0 Å². The highest BCUT2D eigenvalue weighted by molar-refractivity contribution is 5.76. The second-order valence-electron chi connectivity index (χ2n) is 7.43. The Hall–Kier alpha value is -2.21. The van der Waals surface area contributed by atoms with Crippen LogP contribution in [0, 0.1) is 5.92 Å². The average molecular weight is 365 g/mol. The molecule has 4 rings (SSSR count). The number of hydrogen-bond donors (Lipinski definition) is 2. The predicted octanol–water partition coefficient (Wildman–Crippen LogP) is 2.76. The van der Waals surface area contributed by atoms with Crippen molar-refractivity contribution in [1.29, 1.82) is 0 Å². The zero-order valence-electron chi connectivity index (χ0n) is 15.7. The minimum Gasteiger partial charge on any atom is -0.468 e. The van der Waals surface area contributed by atoms with Gasteiger partial charge in [-0.2, -0.15) is 0 Å². The first-order chi connectivity index (χ1) is 13.3. The summed E-state index contributed by atoms with van der Waals surface area (Å²) in [6, 6.07) is 19.4. The smallest absolute Gasteiger partial charge is 0.323 e. The Morgan fingerprint density at radius 3 is 2.59 bits per heavy atom. The summed E-state index contributed by atoms with van der Waals surface area (Å²) in [4.78, 5) is 14.3. The molecule has 5 nitrogen and oxygen atoms in total. The first kappa shape index (κ1) is 18.2. The maximum absolute atomic E-state index is 12.0. The summed E-state index contributed by atoms with van der Waals surface area (Å²) in [6.07, 6.45) is 1.96. The fourth-order valence-electron chi connectivity index (χ4n) is 4.32. The van der Waals surface area contributed by atoms with Gasteiger partial charge in [-0.05, 0) is 36.1 Å². The molecule has 2 saturated heterocycles. The van der Waals surface area contributed by atoms with E-state index >= 15 is 0 Å². The van der Waals surface area contributed by atoms with E-state index in [1.54, 1.807) is 0 Å². The fourth-order valence-corrected chi connectivity index (χ4v) is 4.32. The molecule has 2 aromatic rings. The largest absolute Gasteiger partial charge is 0.468 e. The van der Waals surface area contributed by atoms with Crippen molar-refractivity contribution >= 4 is 5.97 Å². The summed E-state index contributed by atoms with van der Waals surface area (Å²) < 4.78 is 4.98. The lowest BCUT2D eigenvalue weighted by Gasteiger charge is -2.28. The lowest BCUT2D eigenvalue weighted by Crippen LogP contribution is -2.41. The summed E-state index contributed by atoms with van der Waals surface area (Å²) in [6.45, 7) is 2.76. The molecule has 2 aliphatic rings. The van der Waals surface area contributed by atoms with Crippen molar-refractivity contribution in [3.63, 3.8) is 0 Å².